The SMILES string of the molecule is CCn1c(=O)c2c(ncn2[C@@H](C)c2ccccc2)n(-c2cccc(Cl)c2)c1=O. The maximum atomic E-state index is 13.1. The molecule has 7 heteroatoms. The molecule has 4 aromatic rings. The van der Waals surface area contributed by atoms with Gasteiger partial charge >= 0.3 is 5.69 Å². The highest BCUT2D eigenvalue weighted by Gasteiger charge is 2.21. The predicted molar refractivity (Wildman–Crippen MR) is 111 cm³/mol. The van der Waals surface area contributed by atoms with Crippen LogP contribution in [0.15, 0.2) is 70.5 Å². The van der Waals surface area contributed by atoms with E-state index in [1.54, 1.807) is 37.5 Å². The molecule has 0 amide bonds. The summed E-state index contributed by atoms with van der Waals surface area (Å²) in [5.74, 6) is 0. The van der Waals surface area contributed by atoms with Gasteiger partial charge in [0.2, 0.25) is 0 Å². The van der Waals surface area contributed by atoms with Gasteiger partial charge in [-0.1, -0.05) is 48.0 Å². The van der Waals surface area contributed by atoms with Crippen molar-refractivity contribution in [2.24, 2.45) is 0 Å². The molecule has 2 heterocycles. The molecule has 142 valence electrons. The second-order valence-electron chi connectivity index (χ2n) is 6.56. The molecule has 0 unspecified atom stereocenters. The number of imidazole rings is 1. The number of benzene rings is 2. The van der Waals surface area contributed by atoms with E-state index >= 15 is 0 Å². The zero-order valence-electron chi connectivity index (χ0n) is 15.5. The molecule has 2 aromatic carbocycles. The summed E-state index contributed by atoms with van der Waals surface area (Å²) in [6.45, 7) is 4.04. The molecule has 0 aliphatic heterocycles. The number of aromatic nitrogens is 4. The first-order valence-electron chi connectivity index (χ1n) is 9.06. The van der Waals surface area contributed by atoms with Gasteiger partial charge in [-0.05, 0) is 37.6 Å². The Morgan fingerprint density at radius 3 is 2.50 bits per heavy atom. The Balaban J connectivity index is 2.06. The van der Waals surface area contributed by atoms with Crippen LogP contribution in [-0.4, -0.2) is 18.7 Å². The second kappa shape index (κ2) is 7.13. The first kappa shape index (κ1) is 18.3. The van der Waals surface area contributed by atoms with Gasteiger partial charge in [0.15, 0.2) is 11.2 Å². The van der Waals surface area contributed by atoms with E-state index in [0.29, 0.717) is 21.9 Å². The van der Waals surface area contributed by atoms with Crippen LogP contribution in [0, 0.1) is 0 Å². The largest absolute Gasteiger partial charge is 0.337 e. The van der Waals surface area contributed by atoms with Crippen molar-refractivity contribution in [3.8, 4) is 5.69 Å². The molecule has 0 fully saturated rings. The Labute approximate surface area is 166 Å². The minimum absolute atomic E-state index is 0.116. The molecule has 4 rings (SSSR count). The van der Waals surface area contributed by atoms with Gasteiger partial charge in [-0.3, -0.25) is 9.36 Å². The Kier molecular flexibility index (Phi) is 4.65. The van der Waals surface area contributed by atoms with E-state index in [-0.39, 0.29) is 18.1 Å². The fraction of sp³-hybridized carbons (Fsp3) is 0.190. The van der Waals surface area contributed by atoms with Crippen molar-refractivity contribution in [3.63, 3.8) is 0 Å². The minimum Gasteiger partial charge on any atom is -0.317 e. The molecule has 1 atom stereocenters. The minimum atomic E-state index is -0.431. The van der Waals surface area contributed by atoms with E-state index in [1.807, 2.05) is 41.8 Å². The molecule has 0 aliphatic carbocycles. The molecule has 2 aromatic heterocycles. The van der Waals surface area contributed by atoms with Gasteiger partial charge in [-0.2, -0.15) is 0 Å². The van der Waals surface area contributed by atoms with Crippen molar-refractivity contribution >= 4 is 22.8 Å². The molecule has 0 radical (unpaired) electrons. The molecule has 0 spiro atoms. The third-order valence-electron chi connectivity index (χ3n) is 4.94. The van der Waals surface area contributed by atoms with Crippen LogP contribution in [0.3, 0.4) is 0 Å². The number of nitrogens with zero attached hydrogens (tertiary/aromatic N) is 4. The summed E-state index contributed by atoms with van der Waals surface area (Å²) < 4.78 is 4.49. The van der Waals surface area contributed by atoms with Crippen LogP contribution < -0.4 is 11.2 Å². The third kappa shape index (κ3) is 2.86. The van der Waals surface area contributed by atoms with E-state index in [0.717, 1.165) is 5.56 Å². The second-order valence-corrected chi connectivity index (χ2v) is 6.99. The zero-order valence-corrected chi connectivity index (χ0v) is 16.3. The Morgan fingerprint density at radius 1 is 1.07 bits per heavy atom. The quantitative estimate of drug-likeness (QED) is 0.531. The molecule has 6 nitrogen and oxygen atoms in total. The highest BCUT2D eigenvalue weighted by atomic mass is 35.5. The van der Waals surface area contributed by atoms with Crippen molar-refractivity contribution < 1.29 is 0 Å². The lowest BCUT2D eigenvalue weighted by molar-refractivity contribution is 0.631. The van der Waals surface area contributed by atoms with Crippen molar-refractivity contribution in [2.75, 3.05) is 0 Å². The Morgan fingerprint density at radius 2 is 1.82 bits per heavy atom. The van der Waals surface area contributed by atoms with Crippen LogP contribution in [0.5, 0.6) is 0 Å². The molecule has 0 bridgehead atoms. The molecular weight excluding hydrogens is 376 g/mol. The number of hydrogen-bond acceptors (Lipinski definition) is 3. The number of rotatable bonds is 4. The average molecular weight is 395 g/mol. The van der Waals surface area contributed by atoms with Gasteiger partial charge in [0.1, 0.15) is 0 Å². The van der Waals surface area contributed by atoms with Crippen LogP contribution in [0.25, 0.3) is 16.9 Å². The maximum Gasteiger partial charge on any atom is 0.337 e. The first-order valence-corrected chi connectivity index (χ1v) is 9.44. The number of hydrogen-bond donors (Lipinski definition) is 0. The smallest absolute Gasteiger partial charge is 0.317 e. The molecular formula is C21H19ClN4O2. The van der Waals surface area contributed by atoms with Crippen molar-refractivity contribution in [3.05, 3.63) is 92.3 Å². The van der Waals surface area contributed by atoms with Gasteiger partial charge in [0.05, 0.1) is 18.1 Å². The molecule has 0 saturated carbocycles. The van der Waals surface area contributed by atoms with E-state index < -0.39 is 5.69 Å². The summed E-state index contributed by atoms with van der Waals surface area (Å²) in [5.41, 5.74) is 1.55. The van der Waals surface area contributed by atoms with Crippen molar-refractivity contribution in [1.29, 1.82) is 0 Å². The van der Waals surface area contributed by atoms with Crippen LogP contribution in [0.4, 0.5) is 0 Å². The lowest BCUT2D eigenvalue weighted by Gasteiger charge is -2.16. The summed E-state index contributed by atoms with van der Waals surface area (Å²) in [6, 6.07) is 16.7. The van der Waals surface area contributed by atoms with Gasteiger partial charge < -0.3 is 4.57 Å². The lowest BCUT2D eigenvalue weighted by atomic mass is 10.1. The summed E-state index contributed by atoms with van der Waals surface area (Å²) in [7, 11) is 0. The highest BCUT2D eigenvalue weighted by molar-refractivity contribution is 6.30. The standard InChI is InChI=1S/C21H19ClN4O2/c1-3-24-20(27)18-19(26(21(24)28)17-11-7-10-16(22)12-17)23-13-25(18)14(2)15-8-5-4-6-9-15/h4-14H,3H2,1-2H3/t14-/m0/s1. The van der Waals surface area contributed by atoms with E-state index in [4.69, 9.17) is 11.6 Å². The van der Waals surface area contributed by atoms with Crippen LogP contribution in [-0.2, 0) is 6.54 Å². The lowest BCUT2D eigenvalue weighted by Crippen LogP contribution is -2.39. The van der Waals surface area contributed by atoms with Crippen molar-refractivity contribution in [2.45, 2.75) is 26.4 Å². The molecule has 0 aliphatic rings. The van der Waals surface area contributed by atoms with E-state index in [9.17, 15) is 9.59 Å². The van der Waals surface area contributed by atoms with Gasteiger partial charge in [-0.25, -0.2) is 14.3 Å². The fourth-order valence-corrected chi connectivity index (χ4v) is 3.64. The number of fused-ring (bicyclic) bond motifs is 1. The molecule has 0 saturated heterocycles. The topological polar surface area (TPSA) is 61.8 Å². The summed E-state index contributed by atoms with van der Waals surface area (Å²) in [6.07, 6.45) is 1.62. The fourth-order valence-electron chi connectivity index (χ4n) is 3.46. The normalized spacial score (nSPS) is 12.4. The average Bonchev–Trinajstić information content (AvgIpc) is 3.13. The van der Waals surface area contributed by atoms with Gasteiger partial charge in [0, 0.05) is 11.6 Å². The third-order valence-corrected chi connectivity index (χ3v) is 5.17. The van der Waals surface area contributed by atoms with Gasteiger partial charge in [0.25, 0.3) is 5.56 Å². The summed E-state index contributed by atoms with van der Waals surface area (Å²) in [5, 5.41) is 0.504. The maximum absolute atomic E-state index is 13.1. The first-order chi connectivity index (χ1) is 13.5. The predicted octanol–water partition coefficient (Wildman–Crippen LogP) is 3.63. The summed E-state index contributed by atoms with van der Waals surface area (Å²) >= 11 is 6.13. The van der Waals surface area contributed by atoms with Crippen LogP contribution in [0.2, 0.25) is 5.02 Å². The molecule has 0 N–H and O–H groups in total. The number of halogens is 1. The highest BCUT2D eigenvalue weighted by Crippen LogP contribution is 2.23. The van der Waals surface area contributed by atoms with Crippen LogP contribution >= 0.6 is 11.6 Å². The Bertz CT molecular complexity index is 1270. The van der Waals surface area contributed by atoms with E-state index in [1.165, 1.54) is 9.13 Å². The van der Waals surface area contributed by atoms with Crippen LogP contribution in [0.1, 0.15) is 25.5 Å². The van der Waals surface area contributed by atoms with Crippen molar-refractivity contribution in [1.82, 2.24) is 18.7 Å². The van der Waals surface area contributed by atoms with E-state index in [2.05, 4.69) is 4.98 Å². The monoisotopic (exact) mass is 394 g/mol. The van der Waals surface area contributed by atoms with Gasteiger partial charge in [-0.15, -0.1) is 0 Å². The zero-order chi connectivity index (χ0) is 19.8. The summed E-state index contributed by atoms with van der Waals surface area (Å²) in [4.78, 5) is 30.6. The Hall–Kier alpha value is -3.12. The molecule has 28 heavy (non-hydrogen) atoms.